The molecule has 0 aromatic heterocycles. The predicted molar refractivity (Wildman–Crippen MR) is 139 cm³/mol. The van der Waals surface area contributed by atoms with E-state index in [1.165, 1.54) is 54.6 Å². The third-order valence-corrected chi connectivity index (χ3v) is 7.31. The summed E-state index contributed by atoms with van der Waals surface area (Å²) in [7, 11) is -4.27. The van der Waals surface area contributed by atoms with Gasteiger partial charge in [0.25, 0.3) is 10.0 Å². The second kappa shape index (κ2) is 11.2. The van der Waals surface area contributed by atoms with E-state index in [1.54, 1.807) is 30.3 Å². The number of hydrogen-bond acceptors (Lipinski definition) is 4. The molecule has 0 aliphatic carbocycles. The van der Waals surface area contributed by atoms with Crippen molar-refractivity contribution in [3.05, 3.63) is 114 Å². The summed E-state index contributed by atoms with van der Waals surface area (Å²) in [5.41, 5.74) is -1.59. The van der Waals surface area contributed by atoms with E-state index in [1.807, 2.05) is 6.07 Å². The van der Waals surface area contributed by atoms with Crippen molar-refractivity contribution in [1.29, 1.82) is 0 Å². The summed E-state index contributed by atoms with van der Waals surface area (Å²) < 4.78 is 74.0. The molecule has 0 fully saturated rings. The Morgan fingerprint density at radius 1 is 0.842 bits per heavy atom. The third kappa shape index (κ3) is 6.45. The molecule has 0 aliphatic rings. The molecular weight excluding hydrogens is 541 g/mol. The Morgan fingerprint density at radius 3 is 2.03 bits per heavy atom. The van der Waals surface area contributed by atoms with Crippen molar-refractivity contribution >= 4 is 38.9 Å². The quantitative estimate of drug-likeness (QED) is 0.252. The maximum atomic E-state index is 13.5. The van der Waals surface area contributed by atoms with Gasteiger partial charge in [-0.3, -0.25) is 9.10 Å². The Hall–Kier alpha value is -4.02. The molecule has 0 atom stereocenters. The standard InChI is InChI=1S/C27H20ClF3N2O4S/c28-19-11-16-25(24(17-19)27(29,30)31)32-26(34)18-33(38(35,36)23-9-5-2-6-10-23)20-12-14-22(15-13-20)37-21-7-3-1-4-8-21/h1-17H,18H2,(H,32,34). The number of ether oxygens (including phenoxy) is 1. The number of para-hydroxylation sites is 1. The van der Waals surface area contributed by atoms with Crippen molar-refractivity contribution in [2.24, 2.45) is 0 Å². The number of amides is 1. The zero-order chi connectivity index (χ0) is 27.3. The molecular formula is C27H20ClF3N2O4S. The van der Waals surface area contributed by atoms with Crippen LogP contribution in [-0.4, -0.2) is 20.9 Å². The van der Waals surface area contributed by atoms with E-state index in [0.717, 1.165) is 10.4 Å². The number of carbonyl (C=O) groups excluding carboxylic acids is 1. The lowest BCUT2D eigenvalue weighted by atomic mass is 10.1. The predicted octanol–water partition coefficient (Wildman–Crippen LogP) is 6.99. The Bertz CT molecular complexity index is 1520. The van der Waals surface area contributed by atoms with Gasteiger partial charge in [-0.2, -0.15) is 13.2 Å². The molecule has 196 valence electrons. The van der Waals surface area contributed by atoms with Crippen LogP contribution in [0, 0.1) is 0 Å². The minimum absolute atomic E-state index is 0.0973. The maximum Gasteiger partial charge on any atom is 0.418 e. The van der Waals surface area contributed by atoms with Gasteiger partial charge in [0.2, 0.25) is 5.91 Å². The van der Waals surface area contributed by atoms with Gasteiger partial charge in [0.15, 0.2) is 0 Å². The molecule has 11 heteroatoms. The van der Waals surface area contributed by atoms with E-state index in [-0.39, 0.29) is 15.6 Å². The van der Waals surface area contributed by atoms with Crippen molar-refractivity contribution < 1.29 is 31.1 Å². The van der Waals surface area contributed by atoms with Crippen molar-refractivity contribution in [1.82, 2.24) is 0 Å². The molecule has 1 amide bonds. The molecule has 0 radical (unpaired) electrons. The first-order valence-corrected chi connectivity index (χ1v) is 12.9. The summed E-state index contributed by atoms with van der Waals surface area (Å²) in [6, 6.07) is 25.1. The molecule has 0 aliphatic heterocycles. The normalized spacial score (nSPS) is 11.6. The number of halogens is 4. The van der Waals surface area contributed by atoms with Gasteiger partial charge in [-0.1, -0.05) is 48.0 Å². The molecule has 1 N–H and O–H groups in total. The minimum Gasteiger partial charge on any atom is -0.457 e. The number of alkyl halides is 3. The zero-order valence-electron chi connectivity index (χ0n) is 19.5. The van der Waals surface area contributed by atoms with E-state index in [0.29, 0.717) is 17.6 Å². The molecule has 38 heavy (non-hydrogen) atoms. The minimum atomic E-state index is -4.79. The SMILES string of the molecule is O=C(CN(c1ccc(Oc2ccccc2)cc1)S(=O)(=O)c1ccccc1)Nc1ccc(Cl)cc1C(F)(F)F. The molecule has 4 aromatic rings. The molecule has 0 unspecified atom stereocenters. The number of rotatable bonds is 8. The van der Waals surface area contributed by atoms with Crippen molar-refractivity contribution in [3.63, 3.8) is 0 Å². The number of anilines is 2. The molecule has 0 bridgehead atoms. The second-order valence-electron chi connectivity index (χ2n) is 7.97. The number of hydrogen-bond donors (Lipinski definition) is 1. The lowest BCUT2D eigenvalue weighted by Gasteiger charge is -2.24. The summed E-state index contributed by atoms with van der Waals surface area (Å²) in [5, 5.41) is 2.00. The Morgan fingerprint density at radius 2 is 1.42 bits per heavy atom. The summed E-state index contributed by atoms with van der Waals surface area (Å²) in [4.78, 5) is 12.8. The van der Waals surface area contributed by atoms with Crippen LogP contribution >= 0.6 is 11.6 Å². The van der Waals surface area contributed by atoms with Gasteiger partial charge in [0.05, 0.1) is 21.8 Å². The van der Waals surface area contributed by atoms with Gasteiger partial charge >= 0.3 is 6.18 Å². The van der Waals surface area contributed by atoms with E-state index in [4.69, 9.17) is 16.3 Å². The van der Waals surface area contributed by atoms with Crippen LogP contribution in [0.25, 0.3) is 0 Å². The Balaban J connectivity index is 1.64. The number of carbonyl (C=O) groups is 1. The molecule has 4 aromatic carbocycles. The maximum absolute atomic E-state index is 13.5. The van der Waals surface area contributed by atoms with Crippen LogP contribution in [0.2, 0.25) is 5.02 Å². The second-order valence-corrected chi connectivity index (χ2v) is 10.3. The van der Waals surface area contributed by atoms with Crippen LogP contribution in [0.1, 0.15) is 5.56 Å². The molecule has 0 saturated heterocycles. The van der Waals surface area contributed by atoms with Crippen LogP contribution < -0.4 is 14.4 Å². The Kier molecular flexibility index (Phi) is 7.94. The first-order chi connectivity index (χ1) is 18.0. The highest BCUT2D eigenvalue weighted by Gasteiger charge is 2.35. The molecule has 4 rings (SSSR count). The number of sulfonamides is 1. The van der Waals surface area contributed by atoms with E-state index >= 15 is 0 Å². The smallest absolute Gasteiger partial charge is 0.418 e. The fraction of sp³-hybridized carbons (Fsp3) is 0.0741. The monoisotopic (exact) mass is 560 g/mol. The topological polar surface area (TPSA) is 75.7 Å². The van der Waals surface area contributed by atoms with E-state index in [9.17, 15) is 26.4 Å². The van der Waals surface area contributed by atoms with Crippen molar-refractivity contribution in [2.75, 3.05) is 16.2 Å². The molecule has 6 nitrogen and oxygen atoms in total. The first kappa shape index (κ1) is 27.0. The summed E-state index contributed by atoms with van der Waals surface area (Å²) in [6.45, 7) is -0.796. The summed E-state index contributed by atoms with van der Waals surface area (Å²) in [5.74, 6) is -0.00351. The first-order valence-electron chi connectivity index (χ1n) is 11.1. The summed E-state index contributed by atoms with van der Waals surface area (Å²) in [6.07, 6.45) is -4.79. The van der Waals surface area contributed by atoms with Crippen LogP contribution in [0.15, 0.2) is 108 Å². The fourth-order valence-corrected chi connectivity index (χ4v) is 5.13. The highest BCUT2D eigenvalue weighted by Crippen LogP contribution is 2.36. The average molecular weight is 561 g/mol. The third-order valence-electron chi connectivity index (χ3n) is 5.28. The number of benzene rings is 4. The van der Waals surface area contributed by atoms with Gasteiger partial charge in [0, 0.05) is 5.02 Å². The van der Waals surface area contributed by atoms with E-state index < -0.39 is 39.9 Å². The van der Waals surface area contributed by atoms with Gasteiger partial charge in [-0.05, 0) is 66.7 Å². The van der Waals surface area contributed by atoms with Gasteiger partial charge in [-0.15, -0.1) is 0 Å². The van der Waals surface area contributed by atoms with Gasteiger partial charge in [-0.25, -0.2) is 8.42 Å². The largest absolute Gasteiger partial charge is 0.457 e. The average Bonchev–Trinajstić information content (AvgIpc) is 2.89. The highest BCUT2D eigenvalue weighted by atomic mass is 35.5. The van der Waals surface area contributed by atoms with Crippen LogP contribution in [-0.2, 0) is 21.0 Å². The molecule has 0 spiro atoms. The fourth-order valence-electron chi connectivity index (χ4n) is 3.52. The highest BCUT2D eigenvalue weighted by molar-refractivity contribution is 7.92. The van der Waals surface area contributed by atoms with E-state index in [2.05, 4.69) is 5.32 Å². The van der Waals surface area contributed by atoms with Crippen LogP contribution in [0.5, 0.6) is 11.5 Å². The van der Waals surface area contributed by atoms with Crippen LogP contribution in [0.4, 0.5) is 24.5 Å². The number of nitrogens with one attached hydrogen (secondary N) is 1. The number of nitrogens with zero attached hydrogens (tertiary/aromatic N) is 1. The lowest BCUT2D eigenvalue weighted by Crippen LogP contribution is -2.38. The Labute approximate surface area is 222 Å². The van der Waals surface area contributed by atoms with Gasteiger partial charge < -0.3 is 10.1 Å². The zero-order valence-corrected chi connectivity index (χ0v) is 21.1. The van der Waals surface area contributed by atoms with Crippen molar-refractivity contribution in [2.45, 2.75) is 11.1 Å². The van der Waals surface area contributed by atoms with Crippen molar-refractivity contribution in [3.8, 4) is 11.5 Å². The molecule has 0 saturated carbocycles. The molecule has 0 heterocycles. The van der Waals surface area contributed by atoms with Crippen LogP contribution in [0.3, 0.4) is 0 Å². The van der Waals surface area contributed by atoms with Gasteiger partial charge in [0.1, 0.15) is 18.0 Å². The summed E-state index contributed by atoms with van der Waals surface area (Å²) >= 11 is 5.70. The lowest BCUT2D eigenvalue weighted by molar-refractivity contribution is -0.137.